The van der Waals surface area contributed by atoms with Gasteiger partial charge in [-0.05, 0) is 216 Å². The predicted molar refractivity (Wildman–Crippen MR) is 534 cm³/mol. The lowest BCUT2D eigenvalue weighted by Gasteiger charge is -2.39. The first-order valence-corrected chi connectivity index (χ1v) is 51.6. The van der Waals surface area contributed by atoms with E-state index in [9.17, 15) is 0 Å². The number of ether oxygens (including phenoxy) is 8. The third-order valence-electron chi connectivity index (χ3n) is 22.8. The van der Waals surface area contributed by atoms with Crippen LogP contribution in [0.5, 0.6) is 46.0 Å². The Kier molecular flexibility index (Phi) is 45.6. The van der Waals surface area contributed by atoms with Crippen molar-refractivity contribution in [3.63, 3.8) is 0 Å². The van der Waals surface area contributed by atoms with Crippen molar-refractivity contribution in [2.24, 2.45) is 0 Å². The molecule has 8 bridgehead atoms. The Hall–Kier alpha value is -3.32. The van der Waals surface area contributed by atoms with Gasteiger partial charge in [0.2, 0.25) is 0 Å². The molecule has 688 valence electrons. The van der Waals surface area contributed by atoms with Crippen molar-refractivity contribution >= 4 is 50.5 Å². The lowest BCUT2D eigenvalue weighted by molar-refractivity contribution is 0.115. The minimum atomic E-state index is -0.648. The lowest BCUT2D eigenvalue weighted by Crippen LogP contribution is -2.30. The zero-order valence-electron chi connectivity index (χ0n) is 82.8. The Balaban J connectivity index is 2.43. The van der Waals surface area contributed by atoms with E-state index >= 15 is 0 Å². The molecule has 0 fully saturated rings. The van der Waals surface area contributed by atoms with Crippen LogP contribution < -0.4 is 37.9 Å². The Morgan fingerprint density at radius 1 is 0.183 bits per heavy atom. The second kappa shape index (κ2) is 51.0. The smallest absolute Gasteiger partial charge is 0.131 e. The summed E-state index contributed by atoms with van der Waals surface area (Å²) in [5.41, 5.74) is 7.60. The molecule has 0 aliphatic heterocycles. The first kappa shape index (κ1) is 107. The van der Waals surface area contributed by atoms with Crippen LogP contribution in [0.2, 0.25) is 0 Å². The highest BCUT2D eigenvalue weighted by Crippen LogP contribution is 2.60. The number of hydrogen-bond acceptors (Lipinski definition) is 12. The minimum absolute atomic E-state index is 0.297. The molecule has 0 radical (unpaired) electrons. The van der Waals surface area contributed by atoms with Gasteiger partial charge in [0.1, 0.15) is 90.8 Å². The molecule has 5 rings (SSSR count). The zero-order valence-corrected chi connectivity index (χ0v) is 86.4. The Bertz CT molecular complexity index is 2970. The second-order valence-corrected chi connectivity index (χ2v) is 45.1. The maximum absolute atomic E-state index is 7.90. The molecule has 120 heavy (non-hydrogen) atoms. The SMILES string of the molecule is CCCCCCCCCCCC1c2cc(c(OC(C)(C)C)c(CS)c2OC(C)(C)C)C(CCCCCCCCCCC)c2cc(c(OC(C)(C)C)c(CS)c2OC(C)(C)C)C(CCCCCCCCCCC)c2cc(c(OC(C)(C)C)c(CS)c2OC(C)(C)C)C(CCCCCCCCCCC)c2cc1c(OC(C)(C)C)c(CS)c2OC(C)(C)C. The topological polar surface area (TPSA) is 73.8 Å². The first-order valence-electron chi connectivity index (χ1n) is 49.0. The summed E-state index contributed by atoms with van der Waals surface area (Å²) >= 11 is 22.5. The van der Waals surface area contributed by atoms with E-state index in [2.05, 4.69) is 218 Å². The summed E-state index contributed by atoms with van der Waals surface area (Å²) in [5.74, 6) is 6.90. The van der Waals surface area contributed by atoms with Crippen molar-refractivity contribution in [3.8, 4) is 46.0 Å². The van der Waals surface area contributed by atoms with Gasteiger partial charge in [0.25, 0.3) is 0 Å². The largest absolute Gasteiger partial charge is 0.487 e. The second-order valence-electron chi connectivity index (χ2n) is 43.8. The van der Waals surface area contributed by atoms with Gasteiger partial charge in [0.15, 0.2) is 0 Å². The molecule has 0 saturated carbocycles. The standard InChI is InChI=1S/C108H184O8S4/c1-29-33-37-41-45-49-53-57-61-65-77-81-69-83(95(111-103(11,12)13)89(73-117)93(81)109-101(5,6)7)78(66-62-58-54-50-46-42-38-34-30-2)85-71-87(99(115-107(23,24)25)91(75-119)97(85)113-105(17,18)19)80(68-64-60-56-52-48-44-40-36-32-4)88-72-86(98(114-106(20,21)22)92(76-120)100(88)116-108(26,27)28)79(67-63-59-55-51-47-43-39-35-31-3)84-70-82(77)94(110-102(8,9)10)90(74-118)96(84)112-104(14,15)16/h69-72,77-80,117-120H,29-68,73-76H2,1-28H3. The molecule has 0 amide bonds. The number of thiol groups is 4. The maximum atomic E-state index is 7.90. The summed E-state index contributed by atoms with van der Waals surface area (Å²) < 4.78 is 63.2. The highest BCUT2D eigenvalue weighted by atomic mass is 32.1. The van der Waals surface area contributed by atoms with E-state index in [0.717, 1.165) is 215 Å². The number of benzene rings is 4. The van der Waals surface area contributed by atoms with Crippen molar-refractivity contribution in [3.05, 3.63) is 91.0 Å². The average Bonchev–Trinajstić information content (AvgIpc) is 0.722. The summed E-state index contributed by atoms with van der Waals surface area (Å²) in [6, 6.07) is 10.4. The van der Waals surface area contributed by atoms with E-state index in [1.165, 1.54) is 154 Å². The Labute approximate surface area is 762 Å². The average molecular weight is 1740 g/mol. The van der Waals surface area contributed by atoms with Gasteiger partial charge in [-0.3, -0.25) is 0 Å². The predicted octanol–water partition coefficient (Wildman–Crippen LogP) is 35.3. The minimum Gasteiger partial charge on any atom is -0.487 e. The molecule has 0 spiro atoms. The summed E-state index contributed by atoms with van der Waals surface area (Å²) in [6.45, 7) is 62.4. The first-order chi connectivity index (χ1) is 56.3. The molecular weight excluding hydrogens is 1550 g/mol. The molecule has 4 aromatic rings. The fourth-order valence-corrected chi connectivity index (χ4v) is 18.8. The molecule has 8 nitrogen and oxygen atoms in total. The van der Waals surface area contributed by atoms with Crippen molar-refractivity contribution in [1.82, 2.24) is 0 Å². The quantitative estimate of drug-likeness (QED) is 0.0257. The van der Waals surface area contributed by atoms with Crippen LogP contribution in [-0.4, -0.2) is 44.8 Å². The van der Waals surface area contributed by atoms with Gasteiger partial charge in [0, 0.05) is 113 Å². The van der Waals surface area contributed by atoms with Crippen LogP contribution in [0.15, 0.2) is 24.3 Å². The van der Waals surface area contributed by atoms with Gasteiger partial charge in [-0.2, -0.15) is 50.5 Å². The van der Waals surface area contributed by atoms with Crippen LogP contribution in [0.1, 0.15) is 541 Å². The highest BCUT2D eigenvalue weighted by Gasteiger charge is 2.43. The van der Waals surface area contributed by atoms with E-state index in [1.807, 2.05) is 0 Å². The molecule has 0 unspecified atom stereocenters. The van der Waals surface area contributed by atoms with Crippen LogP contribution in [-0.2, 0) is 23.0 Å². The molecule has 12 heteroatoms. The summed E-state index contributed by atoms with van der Waals surface area (Å²) in [7, 11) is 0. The van der Waals surface area contributed by atoms with Gasteiger partial charge in [0.05, 0.1) is 0 Å². The Morgan fingerprint density at radius 3 is 0.392 bits per heavy atom. The van der Waals surface area contributed by atoms with Crippen molar-refractivity contribution in [1.29, 1.82) is 0 Å². The van der Waals surface area contributed by atoms with Gasteiger partial charge < -0.3 is 37.9 Å². The van der Waals surface area contributed by atoms with Gasteiger partial charge >= 0.3 is 0 Å². The summed E-state index contributed by atoms with van der Waals surface area (Å²) in [4.78, 5) is 0. The van der Waals surface area contributed by atoms with Gasteiger partial charge in [-0.15, -0.1) is 0 Å². The van der Waals surface area contributed by atoms with Crippen LogP contribution in [0.3, 0.4) is 0 Å². The van der Waals surface area contributed by atoms with E-state index in [4.69, 9.17) is 88.4 Å². The normalized spacial score (nSPS) is 15.8. The summed E-state index contributed by atoms with van der Waals surface area (Å²) in [5, 5.41) is 0. The van der Waals surface area contributed by atoms with Crippen molar-refractivity contribution < 1.29 is 37.9 Å². The maximum Gasteiger partial charge on any atom is 0.131 e. The molecule has 1 aliphatic carbocycles. The molecule has 0 N–H and O–H groups in total. The Morgan fingerprint density at radius 2 is 0.292 bits per heavy atom. The van der Waals surface area contributed by atoms with Crippen LogP contribution in [0, 0.1) is 0 Å². The van der Waals surface area contributed by atoms with Crippen molar-refractivity contribution in [2.45, 2.75) is 542 Å². The monoisotopic (exact) mass is 1740 g/mol. The zero-order chi connectivity index (χ0) is 89.5. The van der Waals surface area contributed by atoms with E-state index in [0.29, 0.717) is 23.0 Å². The molecule has 4 aromatic carbocycles. The summed E-state index contributed by atoms with van der Waals surface area (Å²) in [6.07, 6.45) is 46.6. The number of rotatable bonds is 52. The number of unbranched alkanes of at least 4 members (excludes halogenated alkanes) is 32. The number of hydrogen-bond donors (Lipinski definition) is 4. The third kappa shape index (κ3) is 36.8. The third-order valence-corrected chi connectivity index (χ3v) is 24.1. The van der Waals surface area contributed by atoms with Crippen LogP contribution in [0.25, 0.3) is 0 Å². The fourth-order valence-electron chi connectivity index (χ4n) is 17.6. The molecular formula is C108H184O8S4. The van der Waals surface area contributed by atoms with Gasteiger partial charge in [-0.1, -0.05) is 259 Å². The fraction of sp³-hybridized carbons (Fsp3) is 0.778. The van der Waals surface area contributed by atoms with E-state index in [1.54, 1.807) is 0 Å². The van der Waals surface area contributed by atoms with Crippen LogP contribution >= 0.6 is 50.5 Å². The molecule has 0 aromatic heterocycles. The van der Waals surface area contributed by atoms with Gasteiger partial charge in [-0.25, -0.2) is 0 Å². The van der Waals surface area contributed by atoms with E-state index in [-0.39, 0.29) is 23.7 Å². The van der Waals surface area contributed by atoms with Crippen molar-refractivity contribution in [2.75, 3.05) is 0 Å². The van der Waals surface area contributed by atoms with E-state index < -0.39 is 44.8 Å². The molecule has 0 atom stereocenters. The number of fused-ring (bicyclic) bond motifs is 8. The highest BCUT2D eigenvalue weighted by molar-refractivity contribution is 7.79. The molecule has 1 aliphatic rings. The molecule has 0 heterocycles. The van der Waals surface area contributed by atoms with Crippen LogP contribution in [0.4, 0.5) is 0 Å². The molecule has 0 saturated heterocycles. The lowest BCUT2D eigenvalue weighted by atomic mass is 9.74.